The molecule has 0 spiro atoms. The van der Waals surface area contributed by atoms with Crippen molar-refractivity contribution in [3.63, 3.8) is 0 Å². The van der Waals surface area contributed by atoms with Crippen LogP contribution in [0.1, 0.15) is 5.56 Å². The Hall–Kier alpha value is -2.24. The molecule has 6 heteroatoms. The average molecular weight is 331 g/mol. The van der Waals surface area contributed by atoms with Crippen LogP contribution in [0.25, 0.3) is 6.08 Å². The molecule has 0 aromatic heterocycles. The fourth-order valence-corrected chi connectivity index (χ4v) is 2.87. The predicted octanol–water partition coefficient (Wildman–Crippen LogP) is 3.94. The van der Waals surface area contributed by atoms with Crippen molar-refractivity contribution in [2.24, 2.45) is 4.99 Å². The molecular weight excluding hydrogens is 320 g/mol. The van der Waals surface area contributed by atoms with E-state index in [2.05, 4.69) is 10.3 Å². The van der Waals surface area contributed by atoms with Crippen molar-refractivity contribution in [2.45, 2.75) is 0 Å². The van der Waals surface area contributed by atoms with Gasteiger partial charge in [-0.05, 0) is 47.7 Å². The van der Waals surface area contributed by atoms with Crippen LogP contribution in [0, 0.1) is 0 Å². The number of benzene rings is 2. The molecular formula is C16H11ClN2O2S. The molecule has 2 aromatic rings. The Morgan fingerprint density at radius 2 is 1.86 bits per heavy atom. The van der Waals surface area contributed by atoms with E-state index in [9.17, 15) is 9.90 Å². The number of thioether (sulfide) groups is 1. The first-order valence-corrected chi connectivity index (χ1v) is 7.64. The molecule has 0 saturated carbocycles. The first-order valence-electron chi connectivity index (χ1n) is 6.45. The summed E-state index contributed by atoms with van der Waals surface area (Å²) in [5.74, 6) is -0.0180. The fraction of sp³-hybridized carbons (Fsp3) is 0. The highest BCUT2D eigenvalue weighted by Gasteiger charge is 2.23. The summed E-state index contributed by atoms with van der Waals surface area (Å²) >= 11 is 7.30. The number of carbonyl (C=O) groups excluding carboxylic acids is 1. The smallest absolute Gasteiger partial charge is 0.264 e. The topological polar surface area (TPSA) is 61.7 Å². The first kappa shape index (κ1) is 14.7. The van der Waals surface area contributed by atoms with Crippen LogP contribution < -0.4 is 5.32 Å². The molecule has 22 heavy (non-hydrogen) atoms. The van der Waals surface area contributed by atoms with Crippen molar-refractivity contribution < 1.29 is 9.90 Å². The van der Waals surface area contributed by atoms with Crippen LogP contribution in [-0.4, -0.2) is 16.2 Å². The van der Waals surface area contributed by atoms with Crippen molar-refractivity contribution in [3.8, 4) is 5.75 Å². The number of phenols is 1. The molecule has 0 bridgehead atoms. The summed E-state index contributed by atoms with van der Waals surface area (Å²) in [4.78, 5) is 16.9. The van der Waals surface area contributed by atoms with E-state index >= 15 is 0 Å². The van der Waals surface area contributed by atoms with Crippen LogP contribution in [-0.2, 0) is 4.79 Å². The molecule has 0 aliphatic carbocycles. The lowest BCUT2D eigenvalue weighted by Gasteiger charge is -1.98. The van der Waals surface area contributed by atoms with Gasteiger partial charge in [-0.3, -0.25) is 4.79 Å². The molecule has 2 N–H and O–H groups in total. The molecule has 0 atom stereocenters. The number of nitrogens with zero attached hydrogens (tertiary/aromatic N) is 1. The second-order valence-corrected chi connectivity index (χ2v) is 5.96. The van der Waals surface area contributed by atoms with Crippen LogP contribution in [0.4, 0.5) is 5.69 Å². The van der Waals surface area contributed by atoms with E-state index in [1.165, 1.54) is 11.8 Å². The number of para-hydroxylation sites is 1. The van der Waals surface area contributed by atoms with E-state index in [-0.39, 0.29) is 11.7 Å². The molecule has 1 saturated heterocycles. The van der Waals surface area contributed by atoms with E-state index in [0.29, 0.717) is 20.8 Å². The Bertz CT molecular complexity index is 785. The van der Waals surface area contributed by atoms with Crippen LogP contribution >= 0.6 is 23.4 Å². The molecule has 0 unspecified atom stereocenters. The quantitative estimate of drug-likeness (QED) is 0.820. The minimum atomic E-state index is -0.205. The van der Waals surface area contributed by atoms with E-state index in [1.54, 1.807) is 42.5 Å². The van der Waals surface area contributed by atoms with Crippen molar-refractivity contribution in [1.29, 1.82) is 0 Å². The van der Waals surface area contributed by atoms with Gasteiger partial charge in [0.15, 0.2) is 5.17 Å². The van der Waals surface area contributed by atoms with Gasteiger partial charge in [-0.2, -0.15) is 0 Å². The predicted molar refractivity (Wildman–Crippen MR) is 90.4 cm³/mol. The van der Waals surface area contributed by atoms with Crippen molar-refractivity contribution >= 4 is 46.2 Å². The zero-order valence-electron chi connectivity index (χ0n) is 11.3. The van der Waals surface area contributed by atoms with Gasteiger partial charge in [-0.15, -0.1) is 0 Å². The number of phenolic OH excluding ortho intramolecular Hbond substituents is 1. The van der Waals surface area contributed by atoms with Gasteiger partial charge < -0.3 is 10.4 Å². The minimum absolute atomic E-state index is 0.187. The zero-order chi connectivity index (χ0) is 15.5. The van der Waals surface area contributed by atoms with Gasteiger partial charge in [0.05, 0.1) is 15.6 Å². The number of amidine groups is 1. The van der Waals surface area contributed by atoms with Crippen molar-refractivity contribution in [2.75, 3.05) is 0 Å². The maximum atomic E-state index is 12.0. The summed E-state index contributed by atoms with van der Waals surface area (Å²) in [6.45, 7) is 0. The number of carbonyl (C=O) groups is 1. The summed E-state index contributed by atoms with van der Waals surface area (Å²) in [5.41, 5.74) is 1.44. The van der Waals surface area contributed by atoms with Crippen molar-refractivity contribution in [1.82, 2.24) is 5.32 Å². The highest BCUT2D eigenvalue weighted by molar-refractivity contribution is 8.18. The fourth-order valence-electron chi connectivity index (χ4n) is 1.85. The Labute approximate surface area is 136 Å². The molecule has 1 heterocycles. The Balaban J connectivity index is 1.84. The van der Waals surface area contributed by atoms with E-state index in [0.717, 1.165) is 5.56 Å². The zero-order valence-corrected chi connectivity index (χ0v) is 12.9. The third-order valence-corrected chi connectivity index (χ3v) is 4.15. The third-order valence-electron chi connectivity index (χ3n) is 2.92. The lowest BCUT2D eigenvalue weighted by molar-refractivity contribution is -0.115. The summed E-state index contributed by atoms with van der Waals surface area (Å²) < 4.78 is 0. The maximum Gasteiger partial charge on any atom is 0.264 e. The lowest BCUT2D eigenvalue weighted by Crippen LogP contribution is -2.19. The Morgan fingerprint density at radius 3 is 2.59 bits per heavy atom. The number of amides is 1. The lowest BCUT2D eigenvalue weighted by atomic mass is 10.2. The number of rotatable bonds is 2. The largest absolute Gasteiger partial charge is 0.508 e. The van der Waals surface area contributed by atoms with Crippen LogP contribution in [0.2, 0.25) is 5.02 Å². The highest BCUT2D eigenvalue weighted by Crippen LogP contribution is 2.30. The van der Waals surface area contributed by atoms with E-state index in [4.69, 9.17) is 11.6 Å². The number of aliphatic imine (C=N–C) groups is 1. The molecule has 110 valence electrons. The highest BCUT2D eigenvalue weighted by atomic mass is 35.5. The van der Waals surface area contributed by atoms with E-state index in [1.807, 2.05) is 12.1 Å². The van der Waals surface area contributed by atoms with Gasteiger partial charge in [0.1, 0.15) is 5.75 Å². The number of hydrogen-bond donors (Lipinski definition) is 2. The molecule has 2 aromatic carbocycles. The number of nitrogens with one attached hydrogen (secondary N) is 1. The number of halogens is 1. The van der Waals surface area contributed by atoms with Crippen LogP contribution in [0.3, 0.4) is 0 Å². The van der Waals surface area contributed by atoms with Crippen molar-refractivity contribution in [3.05, 3.63) is 64.0 Å². The summed E-state index contributed by atoms with van der Waals surface area (Å²) in [5, 5.41) is 13.0. The summed E-state index contributed by atoms with van der Waals surface area (Å²) in [7, 11) is 0. The summed E-state index contributed by atoms with van der Waals surface area (Å²) in [6.07, 6.45) is 1.74. The molecule has 1 amide bonds. The van der Waals surface area contributed by atoms with Gasteiger partial charge in [0, 0.05) is 0 Å². The molecule has 0 radical (unpaired) electrons. The van der Waals surface area contributed by atoms with E-state index < -0.39 is 0 Å². The van der Waals surface area contributed by atoms with Gasteiger partial charge in [0.25, 0.3) is 5.91 Å². The third kappa shape index (κ3) is 3.32. The Kier molecular flexibility index (Phi) is 4.18. The van der Waals surface area contributed by atoms with Gasteiger partial charge in [-0.1, -0.05) is 35.9 Å². The van der Waals surface area contributed by atoms with Gasteiger partial charge in [0.2, 0.25) is 0 Å². The molecule has 1 fully saturated rings. The normalized spacial score (nSPS) is 18.0. The standard InChI is InChI=1S/C16H11ClN2O2S/c17-12-3-1-2-4-13(12)18-16-19-15(21)14(22-16)9-10-5-7-11(20)8-6-10/h1-9,20H,(H,18,19,21). The van der Waals surface area contributed by atoms with Crippen LogP contribution in [0.5, 0.6) is 5.75 Å². The van der Waals surface area contributed by atoms with Gasteiger partial charge >= 0.3 is 0 Å². The molecule has 3 rings (SSSR count). The minimum Gasteiger partial charge on any atom is -0.508 e. The molecule has 4 nitrogen and oxygen atoms in total. The monoisotopic (exact) mass is 330 g/mol. The summed E-state index contributed by atoms with van der Waals surface area (Å²) in [6, 6.07) is 13.8. The van der Waals surface area contributed by atoms with Gasteiger partial charge in [-0.25, -0.2) is 4.99 Å². The first-order chi connectivity index (χ1) is 10.6. The maximum absolute atomic E-state index is 12.0. The Morgan fingerprint density at radius 1 is 1.14 bits per heavy atom. The number of hydrogen-bond acceptors (Lipinski definition) is 4. The average Bonchev–Trinajstić information content (AvgIpc) is 2.84. The van der Waals surface area contributed by atoms with Crippen LogP contribution in [0.15, 0.2) is 58.4 Å². The SMILES string of the molecule is O=C1NC(=Nc2ccccc2Cl)SC1=Cc1ccc(O)cc1. The molecule has 1 aliphatic heterocycles. The molecule has 1 aliphatic rings. The second kappa shape index (κ2) is 6.25. The second-order valence-electron chi connectivity index (χ2n) is 4.52. The number of aromatic hydroxyl groups is 1.